The summed E-state index contributed by atoms with van der Waals surface area (Å²) in [7, 11) is 0. The lowest BCUT2D eigenvalue weighted by Gasteiger charge is -2.10. The Labute approximate surface area is 173 Å². The molecule has 0 saturated heterocycles. The van der Waals surface area contributed by atoms with Crippen LogP contribution in [0.5, 0.6) is 0 Å². The fourth-order valence-electron chi connectivity index (χ4n) is 3.42. The first-order valence-electron chi connectivity index (χ1n) is 9.71. The van der Waals surface area contributed by atoms with E-state index < -0.39 is 18.5 Å². The van der Waals surface area contributed by atoms with Gasteiger partial charge in [-0.25, -0.2) is 4.79 Å². The molecule has 0 radical (unpaired) electrons. The molecule has 152 valence electrons. The number of carbonyl (C=O) groups is 2. The van der Waals surface area contributed by atoms with Gasteiger partial charge in [-0.2, -0.15) is 4.68 Å². The Morgan fingerprint density at radius 1 is 1.13 bits per heavy atom. The van der Waals surface area contributed by atoms with E-state index in [4.69, 9.17) is 4.74 Å². The van der Waals surface area contributed by atoms with Gasteiger partial charge in [-0.3, -0.25) is 4.79 Å². The van der Waals surface area contributed by atoms with E-state index in [0.717, 1.165) is 24.8 Å². The number of benzene rings is 2. The number of rotatable bonds is 6. The van der Waals surface area contributed by atoms with Crippen molar-refractivity contribution in [3.8, 4) is 0 Å². The molecule has 8 heteroatoms. The molecule has 0 fully saturated rings. The Hall–Kier alpha value is -3.81. The Bertz CT molecular complexity index is 1100. The number of nitrogens with zero attached hydrogens (tertiary/aromatic N) is 4. The number of anilines is 1. The Balaban J connectivity index is 1.44. The quantitative estimate of drug-likeness (QED) is 0.502. The number of carbonyl (C=O) groups excluding carboxylic acids is 2. The summed E-state index contributed by atoms with van der Waals surface area (Å²) in [6.45, 7) is 1.26. The third-order valence-electron chi connectivity index (χ3n) is 4.88. The smallest absolute Gasteiger partial charge is 0.357 e. The molecular weight excluding hydrogens is 382 g/mol. The van der Waals surface area contributed by atoms with Crippen LogP contribution in [0.2, 0.25) is 0 Å². The summed E-state index contributed by atoms with van der Waals surface area (Å²) in [5.41, 5.74) is 4.18. The molecule has 0 aliphatic heterocycles. The summed E-state index contributed by atoms with van der Waals surface area (Å²) in [6, 6.07) is 15.1. The first-order chi connectivity index (χ1) is 14.6. The normalized spacial score (nSPS) is 13.0. The number of hydrogen-bond acceptors (Lipinski definition) is 6. The number of aryl methyl sites for hydroxylation is 3. The topological polar surface area (TPSA) is 99.0 Å². The van der Waals surface area contributed by atoms with Crippen molar-refractivity contribution in [3.05, 3.63) is 71.0 Å². The van der Waals surface area contributed by atoms with Crippen LogP contribution in [0.15, 0.2) is 48.5 Å². The number of tetrazole rings is 1. The molecule has 0 unspecified atom stereocenters. The van der Waals surface area contributed by atoms with Crippen molar-refractivity contribution < 1.29 is 14.3 Å². The molecule has 3 aromatic rings. The molecule has 1 aromatic heterocycles. The Morgan fingerprint density at radius 3 is 2.70 bits per heavy atom. The van der Waals surface area contributed by atoms with Crippen molar-refractivity contribution in [1.29, 1.82) is 0 Å². The number of esters is 1. The van der Waals surface area contributed by atoms with Crippen molar-refractivity contribution in [2.75, 3.05) is 11.9 Å². The summed E-state index contributed by atoms with van der Waals surface area (Å²) < 4.78 is 6.53. The number of aromatic nitrogens is 4. The zero-order valence-electron chi connectivity index (χ0n) is 16.5. The third-order valence-corrected chi connectivity index (χ3v) is 4.88. The fourth-order valence-corrected chi connectivity index (χ4v) is 3.42. The highest BCUT2D eigenvalue weighted by molar-refractivity contribution is 6.15. The van der Waals surface area contributed by atoms with Gasteiger partial charge in [0, 0.05) is 5.69 Å². The Kier molecular flexibility index (Phi) is 5.65. The van der Waals surface area contributed by atoms with Crippen LogP contribution in [-0.4, -0.2) is 38.7 Å². The average Bonchev–Trinajstić information content (AvgIpc) is 3.39. The first kappa shape index (κ1) is 19.5. The zero-order valence-corrected chi connectivity index (χ0v) is 16.5. The lowest BCUT2D eigenvalue weighted by Crippen LogP contribution is -2.23. The molecule has 30 heavy (non-hydrogen) atoms. The van der Waals surface area contributed by atoms with E-state index in [1.54, 1.807) is 13.0 Å². The molecule has 0 atom stereocenters. The van der Waals surface area contributed by atoms with Crippen molar-refractivity contribution >= 4 is 29.3 Å². The van der Waals surface area contributed by atoms with Gasteiger partial charge in [0.25, 0.3) is 5.91 Å². The van der Waals surface area contributed by atoms with Crippen LogP contribution in [-0.2, 0) is 27.2 Å². The number of ether oxygens (including phenoxy) is 1. The first-order valence-corrected chi connectivity index (χ1v) is 9.71. The van der Waals surface area contributed by atoms with Gasteiger partial charge in [0.05, 0.1) is 0 Å². The van der Waals surface area contributed by atoms with E-state index in [2.05, 4.69) is 20.8 Å². The summed E-state index contributed by atoms with van der Waals surface area (Å²) in [5, 5.41) is 14.0. The molecule has 1 amide bonds. The molecule has 0 spiro atoms. The zero-order chi connectivity index (χ0) is 20.9. The van der Waals surface area contributed by atoms with Crippen LogP contribution in [0.1, 0.15) is 28.9 Å². The van der Waals surface area contributed by atoms with Crippen molar-refractivity contribution in [2.24, 2.45) is 0 Å². The maximum atomic E-state index is 12.7. The van der Waals surface area contributed by atoms with Crippen LogP contribution in [0.25, 0.3) is 11.8 Å². The Morgan fingerprint density at radius 2 is 1.93 bits per heavy atom. The number of amides is 1. The minimum atomic E-state index is -0.696. The van der Waals surface area contributed by atoms with E-state index in [9.17, 15) is 9.59 Å². The predicted molar refractivity (Wildman–Crippen MR) is 111 cm³/mol. The van der Waals surface area contributed by atoms with Gasteiger partial charge in [-0.05, 0) is 71.5 Å². The van der Waals surface area contributed by atoms with Gasteiger partial charge < -0.3 is 10.1 Å². The molecule has 1 heterocycles. The van der Waals surface area contributed by atoms with E-state index >= 15 is 0 Å². The highest BCUT2D eigenvalue weighted by Crippen LogP contribution is 2.24. The minimum absolute atomic E-state index is 0.119. The van der Waals surface area contributed by atoms with Gasteiger partial charge >= 0.3 is 5.97 Å². The van der Waals surface area contributed by atoms with Crippen molar-refractivity contribution in [2.45, 2.75) is 26.2 Å². The standard InChI is InChI=1S/C22H21N5O3/c1-15-24-25-26-27(15)20(12-16-6-3-2-4-7-16)22(29)30-14-21(28)23-19-11-10-17-8-5-9-18(17)13-19/h2-4,6-7,10-13H,5,8-9,14H2,1H3,(H,23,28)/b20-12+. The molecule has 0 saturated carbocycles. The monoisotopic (exact) mass is 403 g/mol. The summed E-state index contributed by atoms with van der Waals surface area (Å²) in [5.74, 6) is -0.677. The number of fused-ring (bicyclic) bond motifs is 1. The summed E-state index contributed by atoms with van der Waals surface area (Å²) in [6.07, 6.45) is 4.85. The molecule has 0 bridgehead atoms. The summed E-state index contributed by atoms with van der Waals surface area (Å²) in [4.78, 5) is 25.0. The maximum absolute atomic E-state index is 12.7. The second kappa shape index (κ2) is 8.69. The second-order valence-corrected chi connectivity index (χ2v) is 7.04. The van der Waals surface area contributed by atoms with Crippen LogP contribution in [0, 0.1) is 6.92 Å². The van der Waals surface area contributed by atoms with E-state index in [-0.39, 0.29) is 5.70 Å². The van der Waals surface area contributed by atoms with Gasteiger partial charge in [-0.1, -0.05) is 36.4 Å². The molecule has 1 aliphatic rings. The highest BCUT2D eigenvalue weighted by atomic mass is 16.5. The minimum Gasteiger partial charge on any atom is -0.451 e. The van der Waals surface area contributed by atoms with Gasteiger partial charge in [0.2, 0.25) is 0 Å². The van der Waals surface area contributed by atoms with E-state index in [1.165, 1.54) is 15.8 Å². The molecular formula is C22H21N5O3. The fraction of sp³-hybridized carbons (Fsp3) is 0.227. The SMILES string of the molecule is Cc1nnnn1/C(=C/c1ccccc1)C(=O)OCC(=O)Nc1ccc2c(c1)CCC2. The number of hydrogen-bond donors (Lipinski definition) is 1. The second-order valence-electron chi connectivity index (χ2n) is 7.04. The number of nitrogens with one attached hydrogen (secondary N) is 1. The molecule has 8 nitrogen and oxygen atoms in total. The molecule has 1 N–H and O–H groups in total. The van der Waals surface area contributed by atoms with Crippen LogP contribution < -0.4 is 5.32 Å². The maximum Gasteiger partial charge on any atom is 0.357 e. The van der Waals surface area contributed by atoms with Crippen molar-refractivity contribution in [1.82, 2.24) is 20.2 Å². The van der Waals surface area contributed by atoms with Crippen LogP contribution in [0.4, 0.5) is 5.69 Å². The van der Waals surface area contributed by atoms with Gasteiger partial charge in [-0.15, -0.1) is 5.10 Å². The van der Waals surface area contributed by atoms with Crippen LogP contribution >= 0.6 is 0 Å². The largest absolute Gasteiger partial charge is 0.451 e. The third kappa shape index (κ3) is 4.43. The average molecular weight is 403 g/mol. The van der Waals surface area contributed by atoms with Gasteiger partial charge in [0.15, 0.2) is 18.1 Å². The molecule has 1 aliphatic carbocycles. The lowest BCUT2D eigenvalue weighted by molar-refractivity contribution is -0.141. The molecule has 2 aromatic carbocycles. The lowest BCUT2D eigenvalue weighted by atomic mass is 10.1. The van der Waals surface area contributed by atoms with Crippen molar-refractivity contribution in [3.63, 3.8) is 0 Å². The molecule has 4 rings (SSSR count). The van der Waals surface area contributed by atoms with Gasteiger partial charge in [0.1, 0.15) is 0 Å². The van der Waals surface area contributed by atoms with E-state index in [0.29, 0.717) is 11.5 Å². The van der Waals surface area contributed by atoms with Crippen LogP contribution in [0.3, 0.4) is 0 Å². The van der Waals surface area contributed by atoms with E-state index in [1.807, 2.05) is 48.5 Å². The summed E-state index contributed by atoms with van der Waals surface area (Å²) >= 11 is 0. The highest BCUT2D eigenvalue weighted by Gasteiger charge is 2.19. The predicted octanol–water partition coefficient (Wildman–Crippen LogP) is 2.65.